The fourth-order valence-corrected chi connectivity index (χ4v) is 2.51. The zero-order valence-electron chi connectivity index (χ0n) is 10.4. The highest BCUT2D eigenvalue weighted by atomic mass is 35.5. The van der Waals surface area contributed by atoms with E-state index in [4.69, 9.17) is 27.9 Å². The molecule has 1 heterocycles. The number of halogens is 2. The minimum atomic E-state index is -0.134. The fourth-order valence-electron chi connectivity index (χ4n) is 2.01. The van der Waals surface area contributed by atoms with Crippen LogP contribution in [0.3, 0.4) is 0 Å². The van der Waals surface area contributed by atoms with E-state index in [1.807, 2.05) is 0 Å². The van der Waals surface area contributed by atoms with E-state index < -0.39 is 0 Å². The molecule has 1 fully saturated rings. The number of nitrogens with one attached hydrogen (secondary N) is 2. The number of carbonyl (C=O) groups excluding carboxylic acids is 1. The molecule has 1 saturated heterocycles. The monoisotopic (exact) mass is 302 g/mol. The van der Waals surface area contributed by atoms with Crippen LogP contribution in [0.25, 0.3) is 0 Å². The Kier molecular flexibility index (Phi) is 5.31. The molecule has 2 N–H and O–H groups in total. The highest BCUT2D eigenvalue weighted by Crippen LogP contribution is 2.23. The SMILES string of the molecule is O=C(COc1cc(Cl)cc(Cl)c1)N[C@H]1CCCNC1. The Hall–Kier alpha value is -0.970. The molecule has 1 aliphatic heterocycles. The van der Waals surface area contributed by atoms with Gasteiger partial charge in [-0.1, -0.05) is 23.2 Å². The van der Waals surface area contributed by atoms with Crippen LogP contribution < -0.4 is 15.4 Å². The molecule has 1 atom stereocenters. The molecule has 19 heavy (non-hydrogen) atoms. The largest absolute Gasteiger partial charge is 0.484 e. The molecule has 1 aromatic carbocycles. The van der Waals surface area contributed by atoms with E-state index in [1.165, 1.54) is 0 Å². The summed E-state index contributed by atoms with van der Waals surface area (Å²) in [6.45, 7) is 1.80. The maximum Gasteiger partial charge on any atom is 0.258 e. The number of benzene rings is 1. The summed E-state index contributed by atoms with van der Waals surface area (Å²) in [5, 5.41) is 7.14. The third kappa shape index (κ3) is 4.90. The van der Waals surface area contributed by atoms with Crippen LogP contribution in [0.5, 0.6) is 5.75 Å². The smallest absolute Gasteiger partial charge is 0.258 e. The van der Waals surface area contributed by atoms with Crippen molar-refractivity contribution in [1.29, 1.82) is 0 Å². The van der Waals surface area contributed by atoms with Crippen LogP contribution in [0.4, 0.5) is 0 Å². The number of hydrogen-bond acceptors (Lipinski definition) is 3. The maximum absolute atomic E-state index is 11.7. The van der Waals surface area contributed by atoms with Crippen LogP contribution in [-0.2, 0) is 4.79 Å². The molecule has 1 aliphatic rings. The van der Waals surface area contributed by atoms with Crippen LogP contribution in [0, 0.1) is 0 Å². The topological polar surface area (TPSA) is 50.4 Å². The molecule has 2 rings (SSSR count). The zero-order chi connectivity index (χ0) is 13.7. The maximum atomic E-state index is 11.7. The summed E-state index contributed by atoms with van der Waals surface area (Å²) < 4.78 is 5.37. The number of ether oxygens (including phenoxy) is 1. The first kappa shape index (κ1) is 14.4. The molecule has 0 saturated carbocycles. The molecule has 104 valence electrons. The molecule has 1 aromatic rings. The Morgan fingerprint density at radius 2 is 2.11 bits per heavy atom. The molecule has 4 nitrogen and oxygen atoms in total. The highest BCUT2D eigenvalue weighted by molar-refractivity contribution is 6.34. The molecule has 0 radical (unpaired) electrons. The van der Waals surface area contributed by atoms with Crippen molar-refractivity contribution in [2.75, 3.05) is 19.7 Å². The van der Waals surface area contributed by atoms with E-state index in [9.17, 15) is 4.79 Å². The third-order valence-electron chi connectivity index (χ3n) is 2.87. The van der Waals surface area contributed by atoms with E-state index in [-0.39, 0.29) is 18.6 Å². The predicted molar refractivity (Wildman–Crippen MR) is 76.0 cm³/mol. The fraction of sp³-hybridized carbons (Fsp3) is 0.462. The minimum absolute atomic E-state index is 0.0346. The van der Waals surface area contributed by atoms with Gasteiger partial charge in [-0.2, -0.15) is 0 Å². The lowest BCUT2D eigenvalue weighted by atomic mass is 10.1. The highest BCUT2D eigenvalue weighted by Gasteiger charge is 2.15. The van der Waals surface area contributed by atoms with Gasteiger partial charge in [-0.25, -0.2) is 0 Å². The lowest BCUT2D eigenvalue weighted by molar-refractivity contribution is -0.123. The van der Waals surface area contributed by atoms with Crippen molar-refractivity contribution in [1.82, 2.24) is 10.6 Å². The molecule has 0 spiro atoms. The number of hydrogen-bond donors (Lipinski definition) is 2. The van der Waals surface area contributed by atoms with Gasteiger partial charge in [0.1, 0.15) is 5.75 Å². The lowest BCUT2D eigenvalue weighted by Gasteiger charge is -2.23. The molecular formula is C13H16Cl2N2O2. The summed E-state index contributed by atoms with van der Waals surface area (Å²) in [4.78, 5) is 11.7. The van der Waals surface area contributed by atoms with Gasteiger partial charge in [-0.05, 0) is 37.6 Å². The number of rotatable bonds is 4. The first-order valence-corrected chi connectivity index (χ1v) is 6.98. The number of carbonyl (C=O) groups is 1. The van der Waals surface area contributed by atoms with Crippen molar-refractivity contribution < 1.29 is 9.53 Å². The van der Waals surface area contributed by atoms with Crippen molar-refractivity contribution in [3.8, 4) is 5.75 Å². The normalized spacial score (nSPS) is 18.9. The van der Waals surface area contributed by atoms with Gasteiger partial charge < -0.3 is 15.4 Å². The molecule has 6 heteroatoms. The van der Waals surface area contributed by atoms with Gasteiger partial charge in [0, 0.05) is 22.6 Å². The molecule has 0 aliphatic carbocycles. The summed E-state index contributed by atoms with van der Waals surface area (Å²) in [6, 6.07) is 5.06. The molecule has 0 unspecified atom stereocenters. The Balaban J connectivity index is 1.79. The Morgan fingerprint density at radius 3 is 2.74 bits per heavy atom. The number of piperidine rings is 1. The molecular weight excluding hydrogens is 287 g/mol. The molecule has 0 bridgehead atoms. The van der Waals surface area contributed by atoms with E-state index in [2.05, 4.69) is 10.6 Å². The second-order valence-electron chi connectivity index (χ2n) is 4.50. The van der Waals surface area contributed by atoms with Crippen molar-refractivity contribution in [2.24, 2.45) is 0 Å². The van der Waals surface area contributed by atoms with Crippen LogP contribution in [0.2, 0.25) is 10.0 Å². The van der Waals surface area contributed by atoms with Gasteiger partial charge in [0.05, 0.1) is 0 Å². The summed E-state index contributed by atoms with van der Waals surface area (Å²) in [5.74, 6) is 0.360. The van der Waals surface area contributed by atoms with Crippen LogP contribution >= 0.6 is 23.2 Å². The van der Waals surface area contributed by atoms with Gasteiger partial charge in [0.15, 0.2) is 6.61 Å². The average molecular weight is 303 g/mol. The zero-order valence-corrected chi connectivity index (χ0v) is 11.9. The summed E-state index contributed by atoms with van der Waals surface area (Å²) in [6.07, 6.45) is 2.08. The summed E-state index contributed by atoms with van der Waals surface area (Å²) in [7, 11) is 0. The van der Waals surface area contributed by atoms with Gasteiger partial charge in [0.25, 0.3) is 5.91 Å². The van der Waals surface area contributed by atoms with Crippen molar-refractivity contribution in [2.45, 2.75) is 18.9 Å². The Labute approximate surface area is 122 Å². The third-order valence-corrected chi connectivity index (χ3v) is 3.30. The summed E-state index contributed by atoms with van der Waals surface area (Å²) in [5.41, 5.74) is 0. The predicted octanol–water partition coefficient (Wildman–Crippen LogP) is 2.24. The van der Waals surface area contributed by atoms with E-state index in [0.717, 1.165) is 25.9 Å². The van der Waals surface area contributed by atoms with Gasteiger partial charge >= 0.3 is 0 Å². The van der Waals surface area contributed by atoms with Gasteiger partial charge in [-0.3, -0.25) is 4.79 Å². The van der Waals surface area contributed by atoms with Crippen LogP contribution in [0.1, 0.15) is 12.8 Å². The summed E-state index contributed by atoms with van der Waals surface area (Å²) >= 11 is 11.7. The minimum Gasteiger partial charge on any atom is -0.484 e. The quantitative estimate of drug-likeness (QED) is 0.897. The van der Waals surface area contributed by atoms with Crippen molar-refractivity contribution >= 4 is 29.1 Å². The van der Waals surface area contributed by atoms with Crippen molar-refractivity contribution in [3.05, 3.63) is 28.2 Å². The van der Waals surface area contributed by atoms with Crippen LogP contribution in [0.15, 0.2) is 18.2 Å². The molecule has 0 aromatic heterocycles. The molecule has 1 amide bonds. The Morgan fingerprint density at radius 1 is 1.37 bits per heavy atom. The van der Waals surface area contributed by atoms with Gasteiger partial charge in [0.2, 0.25) is 0 Å². The first-order chi connectivity index (χ1) is 9.13. The van der Waals surface area contributed by atoms with E-state index >= 15 is 0 Å². The standard InChI is InChI=1S/C13H16Cl2N2O2/c14-9-4-10(15)6-12(5-9)19-8-13(18)17-11-2-1-3-16-7-11/h4-6,11,16H,1-3,7-8H2,(H,17,18)/t11-/m0/s1. The second kappa shape index (κ2) is 6.98. The number of amides is 1. The van der Waals surface area contributed by atoms with Crippen LogP contribution in [-0.4, -0.2) is 31.6 Å². The second-order valence-corrected chi connectivity index (χ2v) is 5.38. The van der Waals surface area contributed by atoms with E-state index in [0.29, 0.717) is 15.8 Å². The van der Waals surface area contributed by atoms with Crippen molar-refractivity contribution in [3.63, 3.8) is 0 Å². The van der Waals surface area contributed by atoms with E-state index in [1.54, 1.807) is 18.2 Å². The first-order valence-electron chi connectivity index (χ1n) is 6.22. The average Bonchev–Trinajstić information content (AvgIpc) is 2.36. The van der Waals surface area contributed by atoms with Gasteiger partial charge in [-0.15, -0.1) is 0 Å². The Bertz CT molecular complexity index is 428. The lowest BCUT2D eigenvalue weighted by Crippen LogP contribution is -2.46.